The summed E-state index contributed by atoms with van der Waals surface area (Å²) >= 11 is 0. The van der Waals surface area contributed by atoms with E-state index in [1.54, 1.807) is 35.2 Å². The van der Waals surface area contributed by atoms with Crippen molar-refractivity contribution in [1.82, 2.24) is 10.2 Å². The van der Waals surface area contributed by atoms with Gasteiger partial charge in [0.05, 0.1) is 10.6 Å². The number of hydrogen-bond donors (Lipinski definition) is 1. The highest BCUT2D eigenvalue weighted by Crippen LogP contribution is 2.27. The number of hydrogen-bond acceptors (Lipinski definition) is 4. The molecule has 0 spiro atoms. The Morgan fingerprint density at radius 3 is 2.07 bits per heavy atom. The van der Waals surface area contributed by atoms with E-state index in [-0.39, 0.29) is 23.4 Å². The Balaban J connectivity index is 1.71. The monoisotopic (exact) mass is 589 g/mol. The summed E-state index contributed by atoms with van der Waals surface area (Å²) < 4.78 is 29.2. The number of sulfonamides is 1. The van der Waals surface area contributed by atoms with E-state index in [0.29, 0.717) is 12.1 Å². The first kappa shape index (κ1) is 31.3. The first-order valence-corrected chi connectivity index (χ1v) is 16.3. The number of nitrogens with zero attached hydrogens (tertiary/aromatic N) is 2. The maximum absolute atomic E-state index is 14.3. The van der Waals surface area contributed by atoms with Crippen LogP contribution < -0.4 is 9.62 Å². The van der Waals surface area contributed by atoms with Crippen LogP contribution in [-0.2, 0) is 26.2 Å². The van der Waals surface area contributed by atoms with Crippen LogP contribution >= 0.6 is 0 Å². The summed E-state index contributed by atoms with van der Waals surface area (Å²) in [6.45, 7) is 7.45. The Bertz CT molecular complexity index is 1450. The van der Waals surface area contributed by atoms with Gasteiger partial charge in [0.1, 0.15) is 12.6 Å². The molecule has 1 fully saturated rings. The van der Waals surface area contributed by atoms with Crippen molar-refractivity contribution in [3.8, 4) is 0 Å². The first-order chi connectivity index (χ1) is 20.1. The number of carbonyl (C=O) groups excluding carboxylic acids is 2. The predicted octanol–water partition coefficient (Wildman–Crippen LogP) is 6.06. The summed E-state index contributed by atoms with van der Waals surface area (Å²) in [4.78, 5) is 29.6. The largest absolute Gasteiger partial charge is 0.352 e. The van der Waals surface area contributed by atoms with Gasteiger partial charge in [-0.3, -0.25) is 13.9 Å². The zero-order valence-electron chi connectivity index (χ0n) is 25.2. The lowest BCUT2D eigenvalue weighted by atomic mass is 9.95. The van der Waals surface area contributed by atoms with Crippen LogP contribution in [0.15, 0.2) is 77.7 Å². The zero-order chi connectivity index (χ0) is 30.3. The fourth-order valence-electron chi connectivity index (χ4n) is 5.70. The molecule has 0 aliphatic heterocycles. The van der Waals surface area contributed by atoms with Gasteiger partial charge in [0.15, 0.2) is 0 Å². The Labute approximate surface area is 251 Å². The lowest BCUT2D eigenvalue weighted by Crippen LogP contribution is -2.54. The minimum absolute atomic E-state index is 0.0989. The SMILES string of the molecule is CC[C@@H](C(=O)NC1CCCCC1)N(Cc1ccc(C)cc1)C(=O)CN(c1cc(C)cc(C)c1)S(=O)(=O)c1ccccc1. The van der Waals surface area contributed by atoms with Gasteiger partial charge in [-0.25, -0.2) is 8.42 Å². The molecule has 0 radical (unpaired) electrons. The van der Waals surface area contributed by atoms with Crippen LogP contribution in [0, 0.1) is 20.8 Å². The maximum atomic E-state index is 14.3. The minimum Gasteiger partial charge on any atom is -0.352 e. The van der Waals surface area contributed by atoms with E-state index in [1.165, 1.54) is 22.9 Å². The molecule has 4 rings (SSSR count). The molecule has 7 nitrogen and oxygen atoms in total. The van der Waals surface area contributed by atoms with Gasteiger partial charge >= 0.3 is 0 Å². The molecule has 0 heterocycles. The summed E-state index contributed by atoms with van der Waals surface area (Å²) in [5, 5.41) is 3.19. The smallest absolute Gasteiger partial charge is 0.264 e. The highest BCUT2D eigenvalue weighted by molar-refractivity contribution is 7.92. The molecule has 8 heteroatoms. The van der Waals surface area contributed by atoms with Crippen molar-refractivity contribution in [2.75, 3.05) is 10.8 Å². The number of anilines is 1. The van der Waals surface area contributed by atoms with E-state index in [1.807, 2.05) is 58.0 Å². The number of rotatable bonds is 11. The Hall–Kier alpha value is -3.65. The highest BCUT2D eigenvalue weighted by Gasteiger charge is 2.34. The average molecular weight is 590 g/mol. The molecule has 1 atom stereocenters. The molecule has 42 heavy (non-hydrogen) atoms. The van der Waals surface area contributed by atoms with Gasteiger partial charge in [0.25, 0.3) is 10.0 Å². The second-order valence-electron chi connectivity index (χ2n) is 11.4. The van der Waals surface area contributed by atoms with Crippen molar-refractivity contribution >= 4 is 27.5 Å². The van der Waals surface area contributed by atoms with Crippen molar-refractivity contribution in [3.63, 3.8) is 0 Å². The third-order valence-electron chi connectivity index (χ3n) is 7.92. The molecular formula is C34H43N3O4S. The topological polar surface area (TPSA) is 86.8 Å². The molecule has 1 aliphatic rings. The molecule has 224 valence electrons. The summed E-state index contributed by atoms with van der Waals surface area (Å²) in [7, 11) is -4.08. The Morgan fingerprint density at radius 1 is 0.857 bits per heavy atom. The second-order valence-corrected chi connectivity index (χ2v) is 13.3. The third-order valence-corrected chi connectivity index (χ3v) is 9.70. The van der Waals surface area contributed by atoms with Crippen LogP contribution in [0.5, 0.6) is 0 Å². The van der Waals surface area contributed by atoms with Crippen LogP contribution in [0.4, 0.5) is 5.69 Å². The van der Waals surface area contributed by atoms with Crippen LogP contribution in [-0.4, -0.2) is 43.8 Å². The van der Waals surface area contributed by atoms with Crippen molar-refractivity contribution in [2.24, 2.45) is 0 Å². The number of benzene rings is 3. The van der Waals surface area contributed by atoms with E-state index in [4.69, 9.17) is 0 Å². The van der Waals surface area contributed by atoms with E-state index >= 15 is 0 Å². The van der Waals surface area contributed by atoms with Gasteiger partial charge < -0.3 is 10.2 Å². The Morgan fingerprint density at radius 2 is 1.48 bits per heavy atom. The number of amides is 2. The molecule has 0 saturated heterocycles. The normalized spacial score (nSPS) is 14.7. The molecule has 0 aromatic heterocycles. The zero-order valence-corrected chi connectivity index (χ0v) is 26.0. The molecule has 1 N–H and O–H groups in total. The third kappa shape index (κ3) is 7.79. The quantitative estimate of drug-likeness (QED) is 0.294. The summed E-state index contributed by atoms with van der Waals surface area (Å²) in [5.41, 5.74) is 4.16. The maximum Gasteiger partial charge on any atom is 0.264 e. The number of carbonyl (C=O) groups is 2. The molecule has 3 aromatic rings. The van der Waals surface area contributed by atoms with E-state index in [9.17, 15) is 18.0 Å². The van der Waals surface area contributed by atoms with Crippen LogP contribution in [0.25, 0.3) is 0 Å². The van der Waals surface area contributed by atoms with Gasteiger partial charge in [-0.05, 0) is 81.0 Å². The predicted molar refractivity (Wildman–Crippen MR) is 168 cm³/mol. The molecule has 0 bridgehead atoms. The van der Waals surface area contributed by atoms with Crippen molar-refractivity contribution in [2.45, 2.75) is 89.7 Å². The van der Waals surface area contributed by atoms with Crippen molar-refractivity contribution in [3.05, 3.63) is 95.1 Å². The highest BCUT2D eigenvalue weighted by atomic mass is 32.2. The van der Waals surface area contributed by atoms with Gasteiger partial charge in [-0.15, -0.1) is 0 Å². The van der Waals surface area contributed by atoms with Crippen LogP contribution in [0.3, 0.4) is 0 Å². The molecular weight excluding hydrogens is 546 g/mol. The first-order valence-electron chi connectivity index (χ1n) is 14.9. The lowest BCUT2D eigenvalue weighted by molar-refractivity contribution is -0.140. The fourth-order valence-corrected chi connectivity index (χ4v) is 7.12. The summed E-state index contributed by atoms with van der Waals surface area (Å²) in [5.74, 6) is -0.617. The summed E-state index contributed by atoms with van der Waals surface area (Å²) in [6, 6.07) is 20.9. The molecule has 3 aromatic carbocycles. The Kier molecular flexibility index (Phi) is 10.4. The van der Waals surface area contributed by atoms with Gasteiger partial charge in [0, 0.05) is 12.6 Å². The van der Waals surface area contributed by atoms with Crippen molar-refractivity contribution < 1.29 is 18.0 Å². The fraction of sp³-hybridized carbons (Fsp3) is 0.412. The van der Waals surface area contributed by atoms with Gasteiger partial charge in [-0.2, -0.15) is 0 Å². The van der Waals surface area contributed by atoms with Gasteiger partial charge in [0.2, 0.25) is 11.8 Å². The van der Waals surface area contributed by atoms with Crippen molar-refractivity contribution in [1.29, 1.82) is 0 Å². The molecule has 0 unspecified atom stereocenters. The minimum atomic E-state index is -4.08. The van der Waals surface area contributed by atoms with E-state index in [2.05, 4.69) is 5.32 Å². The standard InChI is InChI=1S/C34H43N3O4S/c1-5-32(34(39)35-29-12-8-6-9-13-29)36(23-28-18-16-25(2)17-19-28)33(38)24-37(30-21-26(3)20-27(4)22-30)42(40,41)31-14-10-7-11-15-31/h7,10-11,14-22,29,32H,5-6,8-9,12-13,23-24H2,1-4H3,(H,35,39)/t32-/m0/s1. The summed E-state index contributed by atoms with van der Waals surface area (Å²) in [6.07, 6.45) is 5.61. The average Bonchev–Trinajstić information content (AvgIpc) is 2.97. The van der Waals surface area contributed by atoms with Gasteiger partial charge in [-0.1, -0.05) is 80.3 Å². The van der Waals surface area contributed by atoms with Crippen LogP contribution in [0.2, 0.25) is 0 Å². The molecule has 2 amide bonds. The number of aryl methyl sites for hydroxylation is 3. The molecule has 1 saturated carbocycles. The van der Waals surface area contributed by atoms with E-state index in [0.717, 1.165) is 47.9 Å². The van der Waals surface area contributed by atoms with Crippen LogP contribution in [0.1, 0.15) is 67.7 Å². The second kappa shape index (κ2) is 14.0. The van der Waals surface area contributed by atoms with E-state index < -0.39 is 28.5 Å². The number of nitrogens with one attached hydrogen (secondary N) is 1. The lowest BCUT2D eigenvalue weighted by Gasteiger charge is -2.34. The molecule has 1 aliphatic carbocycles.